The fourth-order valence-electron chi connectivity index (χ4n) is 1.85. The Bertz CT molecular complexity index is 794. The maximum absolute atomic E-state index is 9.04. The average molecular weight is 286 g/mol. The number of nitrogens with zero attached hydrogens (tertiary/aromatic N) is 4. The van der Waals surface area contributed by atoms with E-state index in [1.165, 1.54) is 0 Å². The number of rotatable bonds is 3. The van der Waals surface area contributed by atoms with E-state index in [0.717, 1.165) is 11.1 Å². The van der Waals surface area contributed by atoms with Crippen LogP contribution in [-0.4, -0.2) is 15.3 Å². The number of nitriles is 1. The molecule has 0 saturated heterocycles. The standard InChI is InChI=1S/C13H10N4O2S/c1-7-5-20-6-10(7)13-15-12(19-17-13)3-11-9(4-14)8(2)18-16-11/h5-6H,3H2,1-2H3. The quantitative estimate of drug-likeness (QED) is 0.735. The van der Waals surface area contributed by atoms with Crippen LogP contribution in [0.25, 0.3) is 11.4 Å². The van der Waals surface area contributed by atoms with E-state index in [9.17, 15) is 0 Å². The molecule has 0 aromatic carbocycles. The predicted octanol–water partition coefficient (Wildman–Crippen LogP) is 2.87. The second-order valence-electron chi connectivity index (χ2n) is 4.33. The van der Waals surface area contributed by atoms with E-state index in [1.54, 1.807) is 18.3 Å². The predicted molar refractivity (Wildman–Crippen MR) is 71.1 cm³/mol. The van der Waals surface area contributed by atoms with Crippen molar-refractivity contribution in [1.29, 1.82) is 5.26 Å². The van der Waals surface area contributed by atoms with Crippen LogP contribution in [0.4, 0.5) is 0 Å². The molecular weight excluding hydrogens is 276 g/mol. The van der Waals surface area contributed by atoms with E-state index in [-0.39, 0.29) is 6.42 Å². The highest BCUT2D eigenvalue weighted by atomic mass is 32.1. The lowest BCUT2D eigenvalue weighted by Gasteiger charge is -1.90. The van der Waals surface area contributed by atoms with Gasteiger partial charge in [-0.15, -0.1) is 0 Å². The first-order valence-corrected chi connectivity index (χ1v) is 6.84. The van der Waals surface area contributed by atoms with Crippen LogP contribution in [0.15, 0.2) is 19.8 Å². The summed E-state index contributed by atoms with van der Waals surface area (Å²) in [5.41, 5.74) is 3.01. The van der Waals surface area contributed by atoms with Gasteiger partial charge in [-0.3, -0.25) is 0 Å². The van der Waals surface area contributed by atoms with Crippen LogP contribution < -0.4 is 0 Å². The minimum atomic E-state index is 0.288. The molecule has 3 aromatic heterocycles. The van der Waals surface area contributed by atoms with Gasteiger partial charge in [0.25, 0.3) is 0 Å². The van der Waals surface area contributed by atoms with Gasteiger partial charge in [0.05, 0.1) is 6.42 Å². The number of hydrogen-bond acceptors (Lipinski definition) is 7. The first-order valence-electron chi connectivity index (χ1n) is 5.90. The molecule has 3 heterocycles. The normalized spacial score (nSPS) is 10.7. The van der Waals surface area contributed by atoms with Gasteiger partial charge in [0.1, 0.15) is 17.3 Å². The SMILES string of the molecule is Cc1cscc1-c1noc(Cc2noc(C)c2C#N)n1. The van der Waals surface area contributed by atoms with Gasteiger partial charge in [-0.2, -0.15) is 21.6 Å². The van der Waals surface area contributed by atoms with Crippen molar-refractivity contribution in [2.24, 2.45) is 0 Å². The molecule has 0 aliphatic rings. The van der Waals surface area contributed by atoms with Crippen molar-refractivity contribution in [3.05, 3.63) is 39.2 Å². The molecule has 6 nitrogen and oxygen atoms in total. The highest BCUT2D eigenvalue weighted by Gasteiger charge is 2.17. The van der Waals surface area contributed by atoms with Gasteiger partial charge in [0, 0.05) is 10.9 Å². The topological polar surface area (TPSA) is 88.7 Å². The van der Waals surface area contributed by atoms with Crippen LogP contribution in [0.1, 0.15) is 28.5 Å². The third-order valence-corrected chi connectivity index (χ3v) is 3.79. The summed E-state index contributed by atoms with van der Waals surface area (Å²) in [7, 11) is 0. The second-order valence-corrected chi connectivity index (χ2v) is 5.07. The fraction of sp³-hybridized carbons (Fsp3) is 0.231. The molecule has 0 spiro atoms. The fourth-order valence-corrected chi connectivity index (χ4v) is 2.68. The molecule has 0 fully saturated rings. The number of aryl methyl sites for hydroxylation is 2. The molecule has 3 rings (SSSR count). The van der Waals surface area contributed by atoms with Crippen LogP contribution in [0.2, 0.25) is 0 Å². The summed E-state index contributed by atoms with van der Waals surface area (Å²) in [6, 6.07) is 2.06. The molecule has 0 radical (unpaired) electrons. The molecule has 0 saturated carbocycles. The first kappa shape index (κ1) is 12.6. The van der Waals surface area contributed by atoms with Gasteiger partial charge >= 0.3 is 0 Å². The molecule has 20 heavy (non-hydrogen) atoms. The van der Waals surface area contributed by atoms with Crippen LogP contribution in [0.5, 0.6) is 0 Å². The van der Waals surface area contributed by atoms with Crippen molar-refractivity contribution in [2.75, 3.05) is 0 Å². The van der Waals surface area contributed by atoms with Crippen molar-refractivity contribution in [1.82, 2.24) is 15.3 Å². The molecule has 100 valence electrons. The Morgan fingerprint density at radius 3 is 2.80 bits per heavy atom. The van der Waals surface area contributed by atoms with Gasteiger partial charge in [-0.25, -0.2) is 0 Å². The first-order chi connectivity index (χ1) is 9.69. The van der Waals surface area contributed by atoms with Gasteiger partial charge in [-0.1, -0.05) is 10.3 Å². The summed E-state index contributed by atoms with van der Waals surface area (Å²) in [5, 5.41) is 20.9. The van der Waals surface area contributed by atoms with Crippen molar-refractivity contribution in [3.8, 4) is 17.5 Å². The Labute approximate surface area is 118 Å². The van der Waals surface area contributed by atoms with Gasteiger partial charge in [0.15, 0.2) is 5.76 Å². The number of aromatic nitrogens is 3. The Kier molecular flexibility index (Phi) is 3.08. The van der Waals surface area contributed by atoms with Crippen molar-refractivity contribution < 1.29 is 9.05 Å². The molecule has 7 heteroatoms. The monoisotopic (exact) mass is 286 g/mol. The maximum Gasteiger partial charge on any atom is 0.233 e. The minimum Gasteiger partial charge on any atom is -0.360 e. The van der Waals surface area contributed by atoms with Crippen LogP contribution in [0, 0.1) is 25.2 Å². The third-order valence-electron chi connectivity index (χ3n) is 2.93. The molecule has 0 aliphatic carbocycles. The third kappa shape index (κ3) is 2.10. The zero-order valence-corrected chi connectivity index (χ0v) is 11.7. The van der Waals surface area contributed by atoms with Crippen molar-refractivity contribution in [3.63, 3.8) is 0 Å². The molecular formula is C13H10N4O2S. The minimum absolute atomic E-state index is 0.288. The van der Waals surface area contributed by atoms with Crippen LogP contribution in [-0.2, 0) is 6.42 Å². The summed E-state index contributed by atoms with van der Waals surface area (Å²) in [5.74, 6) is 1.46. The summed E-state index contributed by atoms with van der Waals surface area (Å²) in [4.78, 5) is 4.33. The zero-order valence-electron chi connectivity index (χ0n) is 10.9. The maximum atomic E-state index is 9.04. The lowest BCUT2D eigenvalue weighted by atomic mass is 10.1. The number of hydrogen-bond donors (Lipinski definition) is 0. The van der Waals surface area contributed by atoms with E-state index < -0.39 is 0 Å². The Balaban J connectivity index is 1.88. The molecule has 0 amide bonds. The number of thiophene rings is 1. The van der Waals surface area contributed by atoms with E-state index in [4.69, 9.17) is 14.3 Å². The summed E-state index contributed by atoms with van der Waals surface area (Å²) < 4.78 is 10.2. The van der Waals surface area contributed by atoms with Gasteiger partial charge < -0.3 is 9.05 Å². The molecule has 0 unspecified atom stereocenters. The highest BCUT2D eigenvalue weighted by molar-refractivity contribution is 7.08. The Morgan fingerprint density at radius 2 is 2.10 bits per heavy atom. The van der Waals surface area contributed by atoms with E-state index >= 15 is 0 Å². The summed E-state index contributed by atoms with van der Waals surface area (Å²) in [6.07, 6.45) is 0.288. The molecule has 3 aromatic rings. The molecule has 0 aliphatic heterocycles. The summed E-state index contributed by atoms with van der Waals surface area (Å²) in [6.45, 7) is 3.69. The Hall–Kier alpha value is -2.46. The largest absolute Gasteiger partial charge is 0.360 e. The van der Waals surface area contributed by atoms with Crippen molar-refractivity contribution in [2.45, 2.75) is 20.3 Å². The molecule has 0 N–H and O–H groups in total. The molecule has 0 bridgehead atoms. The van der Waals surface area contributed by atoms with Crippen LogP contribution in [0.3, 0.4) is 0 Å². The van der Waals surface area contributed by atoms with E-state index in [2.05, 4.69) is 21.4 Å². The Morgan fingerprint density at radius 1 is 1.25 bits per heavy atom. The lowest BCUT2D eigenvalue weighted by molar-refractivity contribution is 0.371. The van der Waals surface area contributed by atoms with E-state index in [1.807, 2.05) is 17.7 Å². The zero-order chi connectivity index (χ0) is 14.1. The van der Waals surface area contributed by atoms with Crippen LogP contribution >= 0.6 is 11.3 Å². The van der Waals surface area contributed by atoms with Gasteiger partial charge in [0.2, 0.25) is 11.7 Å². The van der Waals surface area contributed by atoms with E-state index in [0.29, 0.717) is 28.7 Å². The average Bonchev–Trinajstić information content (AvgIpc) is 3.11. The lowest BCUT2D eigenvalue weighted by Crippen LogP contribution is -1.92. The summed E-state index contributed by atoms with van der Waals surface area (Å²) >= 11 is 1.59. The van der Waals surface area contributed by atoms with Gasteiger partial charge in [-0.05, 0) is 24.8 Å². The molecule has 0 atom stereocenters. The highest BCUT2D eigenvalue weighted by Crippen LogP contribution is 2.24. The second kappa shape index (κ2) is 4.90. The van der Waals surface area contributed by atoms with Crippen molar-refractivity contribution >= 4 is 11.3 Å². The smallest absolute Gasteiger partial charge is 0.233 e.